The lowest BCUT2D eigenvalue weighted by molar-refractivity contribution is 0.248. The van der Waals surface area contributed by atoms with Gasteiger partial charge in [-0.15, -0.1) is 11.3 Å². The predicted octanol–water partition coefficient (Wildman–Crippen LogP) is 2.94. The molecule has 19 heavy (non-hydrogen) atoms. The summed E-state index contributed by atoms with van der Waals surface area (Å²) in [5.74, 6) is 0.527. The van der Waals surface area contributed by atoms with Gasteiger partial charge >= 0.3 is 0 Å². The van der Waals surface area contributed by atoms with Crippen LogP contribution in [0.2, 0.25) is 5.15 Å². The van der Waals surface area contributed by atoms with Crippen molar-refractivity contribution in [3.05, 3.63) is 22.4 Å². The van der Waals surface area contributed by atoms with Crippen LogP contribution in [0.1, 0.15) is 31.9 Å². The molecule has 2 aromatic heterocycles. The number of hydrogen-bond donors (Lipinski definition) is 2. The Morgan fingerprint density at radius 2 is 2.37 bits per heavy atom. The van der Waals surface area contributed by atoms with E-state index in [9.17, 15) is 0 Å². The normalized spacial score (nSPS) is 13.2. The first-order chi connectivity index (χ1) is 9.26. The van der Waals surface area contributed by atoms with Crippen LogP contribution in [0.5, 0.6) is 0 Å². The van der Waals surface area contributed by atoms with Crippen LogP contribution in [-0.2, 0) is 6.54 Å². The van der Waals surface area contributed by atoms with Gasteiger partial charge in [0, 0.05) is 24.7 Å². The molecular formula is C13H20ClN3OS. The molecule has 2 rings (SSSR count). The Labute approximate surface area is 122 Å². The van der Waals surface area contributed by atoms with E-state index in [0.29, 0.717) is 17.6 Å². The van der Waals surface area contributed by atoms with E-state index in [4.69, 9.17) is 16.7 Å². The highest BCUT2D eigenvalue weighted by molar-refractivity contribution is 7.15. The van der Waals surface area contributed by atoms with Gasteiger partial charge in [0.15, 0.2) is 10.1 Å². The van der Waals surface area contributed by atoms with Gasteiger partial charge in [0.05, 0.1) is 5.69 Å². The molecule has 0 amide bonds. The van der Waals surface area contributed by atoms with Crippen molar-refractivity contribution in [1.82, 2.24) is 14.7 Å². The number of imidazole rings is 1. The third-order valence-corrected chi connectivity index (χ3v) is 4.33. The molecule has 0 aliphatic rings. The highest BCUT2D eigenvalue weighted by Gasteiger charge is 2.12. The summed E-state index contributed by atoms with van der Waals surface area (Å²) in [6, 6.07) is 0. The van der Waals surface area contributed by atoms with Crippen LogP contribution in [-0.4, -0.2) is 27.6 Å². The average Bonchev–Trinajstić information content (AvgIpc) is 2.92. The molecule has 0 bridgehead atoms. The molecule has 2 heterocycles. The van der Waals surface area contributed by atoms with Gasteiger partial charge < -0.3 is 10.4 Å². The first-order valence-corrected chi connectivity index (χ1v) is 7.93. The van der Waals surface area contributed by atoms with Crippen LogP contribution in [0.25, 0.3) is 4.96 Å². The summed E-state index contributed by atoms with van der Waals surface area (Å²) in [4.78, 5) is 5.24. The lowest BCUT2D eigenvalue weighted by Gasteiger charge is -2.15. The maximum atomic E-state index is 9.04. The number of nitrogens with zero attached hydrogens (tertiary/aromatic N) is 2. The number of fused-ring (bicyclic) bond motifs is 1. The van der Waals surface area contributed by atoms with Crippen molar-refractivity contribution < 1.29 is 5.11 Å². The van der Waals surface area contributed by atoms with Crippen molar-refractivity contribution in [1.29, 1.82) is 0 Å². The SMILES string of the molecule is CCCC(CCO)CNCc1c(Cl)nc2sccn12. The van der Waals surface area contributed by atoms with Crippen molar-refractivity contribution in [3.8, 4) is 0 Å². The van der Waals surface area contributed by atoms with Crippen LogP contribution >= 0.6 is 22.9 Å². The van der Waals surface area contributed by atoms with Crippen LogP contribution < -0.4 is 5.32 Å². The van der Waals surface area contributed by atoms with Crippen LogP contribution in [0, 0.1) is 5.92 Å². The molecule has 1 unspecified atom stereocenters. The first kappa shape index (κ1) is 14.8. The summed E-state index contributed by atoms with van der Waals surface area (Å²) in [5.41, 5.74) is 1.01. The summed E-state index contributed by atoms with van der Waals surface area (Å²) in [6.45, 7) is 4.05. The number of aliphatic hydroxyl groups is 1. The molecule has 0 fully saturated rings. The van der Waals surface area contributed by atoms with Gasteiger partial charge in [-0.25, -0.2) is 4.98 Å². The van der Waals surface area contributed by atoms with Crippen molar-refractivity contribution in [2.75, 3.05) is 13.2 Å². The Hall–Kier alpha value is -0.620. The van der Waals surface area contributed by atoms with Crippen molar-refractivity contribution in [3.63, 3.8) is 0 Å². The fourth-order valence-corrected chi connectivity index (χ4v) is 3.32. The summed E-state index contributed by atoms with van der Waals surface area (Å²) < 4.78 is 2.03. The Morgan fingerprint density at radius 3 is 3.11 bits per heavy atom. The van der Waals surface area contributed by atoms with Crippen LogP contribution in [0.15, 0.2) is 11.6 Å². The van der Waals surface area contributed by atoms with Gasteiger partial charge in [-0.2, -0.15) is 0 Å². The van der Waals surface area contributed by atoms with E-state index in [2.05, 4.69) is 17.2 Å². The van der Waals surface area contributed by atoms with Gasteiger partial charge in [0.25, 0.3) is 0 Å². The minimum atomic E-state index is 0.258. The molecule has 0 radical (unpaired) electrons. The third-order valence-electron chi connectivity index (χ3n) is 3.27. The topological polar surface area (TPSA) is 49.6 Å². The van der Waals surface area contributed by atoms with Crippen LogP contribution in [0.3, 0.4) is 0 Å². The zero-order valence-electron chi connectivity index (χ0n) is 11.1. The highest BCUT2D eigenvalue weighted by Crippen LogP contribution is 2.21. The minimum Gasteiger partial charge on any atom is -0.396 e. The van der Waals surface area contributed by atoms with E-state index >= 15 is 0 Å². The second-order valence-electron chi connectivity index (χ2n) is 4.70. The summed E-state index contributed by atoms with van der Waals surface area (Å²) in [6.07, 6.45) is 5.14. The largest absolute Gasteiger partial charge is 0.396 e. The summed E-state index contributed by atoms with van der Waals surface area (Å²) in [7, 11) is 0. The number of hydrogen-bond acceptors (Lipinski definition) is 4. The van der Waals surface area contributed by atoms with E-state index in [-0.39, 0.29) is 6.61 Å². The minimum absolute atomic E-state index is 0.258. The lowest BCUT2D eigenvalue weighted by Crippen LogP contribution is -2.24. The standard InChI is InChI=1S/C13H20ClN3OS/c1-2-3-10(4-6-18)8-15-9-11-12(14)16-13-17(11)5-7-19-13/h5,7,10,15,18H,2-4,6,8-9H2,1H3. The number of halogens is 1. The van der Waals surface area contributed by atoms with E-state index in [1.54, 1.807) is 11.3 Å². The molecular weight excluding hydrogens is 282 g/mol. The maximum Gasteiger partial charge on any atom is 0.195 e. The molecule has 106 valence electrons. The second-order valence-corrected chi connectivity index (χ2v) is 5.93. The molecule has 4 nitrogen and oxygen atoms in total. The molecule has 0 aromatic carbocycles. The Balaban J connectivity index is 1.91. The average molecular weight is 302 g/mol. The van der Waals surface area contributed by atoms with Gasteiger partial charge in [-0.3, -0.25) is 4.40 Å². The van der Waals surface area contributed by atoms with Crippen molar-refractivity contribution in [2.24, 2.45) is 5.92 Å². The van der Waals surface area contributed by atoms with E-state index in [0.717, 1.165) is 36.5 Å². The molecule has 0 saturated carbocycles. The summed E-state index contributed by atoms with van der Waals surface area (Å²) in [5, 5.41) is 15.1. The zero-order chi connectivity index (χ0) is 13.7. The molecule has 0 spiro atoms. The highest BCUT2D eigenvalue weighted by atomic mass is 35.5. The molecule has 1 atom stereocenters. The Kier molecular flexibility index (Phi) is 5.63. The van der Waals surface area contributed by atoms with Gasteiger partial charge in [-0.1, -0.05) is 24.9 Å². The third kappa shape index (κ3) is 3.69. The molecule has 0 aliphatic carbocycles. The molecule has 6 heteroatoms. The molecule has 0 aliphatic heterocycles. The number of aromatic nitrogens is 2. The van der Waals surface area contributed by atoms with Gasteiger partial charge in [0.2, 0.25) is 0 Å². The predicted molar refractivity (Wildman–Crippen MR) is 79.9 cm³/mol. The second kappa shape index (κ2) is 7.24. The Morgan fingerprint density at radius 1 is 1.53 bits per heavy atom. The first-order valence-electron chi connectivity index (χ1n) is 6.67. The summed E-state index contributed by atoms with van der Waals surface area (Å²) >= 11 is 7.73. The van der Waals surface area contributed by atoms with E-state index < -0.39 is 0 Å². The molecule has 2 aromatic rings. The number of aliphatic hydroxyl groups excluding tert-OH is 1. The fraction of sp³-hybridized carbons (Fsp3) is 0.615. The Bertz CT molecular complexity index is 505. The van der Waals surface area contributed by atoms with Crippen molar-refractivity contribution in [2.45, 2.75) is 32.7 Å². The number of thiazole rings is 1. The maximum absolute atomic E-state index is 9.04. The van der Waals surface area contributed by atoms with Gasteiger partial charge in [-0.05, 0) is 25.3 Å². The van der Waals surface area contributed by atoms with Gasteiger partial charge in [0.1, 0.15) is 0 Å². The fourth-order valence-electron chi connectivity index (χ4n) is 2.30. The van der Waals surface area contributed by atoms with E-state index in [1.807, 2.05) is 16.0 Å². The van der Waals surface area contributed by atoms with E-state index in [1.165, 1.54) is 0 Å². The number of rotatable bonds is 8. The zero-order valence-corrected chi connectivity index (χ0v) is 12.7. The quantitative estimate of drug-likeness (QED) is 0.788. The molecule has 2 N–H and O–H groups in total. The smallest absolute Gasteiger partial charge is 0.195 e. The van der Waals surface area contributed by atoms with Crippen LogP contribution in [0.4, 0.5) is 0 Å². The monoisotopic (exact) mass is 301 g/mol. The van der Waals surface area contributed by atoms with Crippen molar-refractivity contribution >= 4 is 27.9 Å². The number of nitrogens with one attached hydrogen (secondary N) is 1. The molecule has 0 saturated heterocycles. The lowest BCUT2D eigenvalue weighted by atomic mass is 10.0.